The van der Waals surface area contributed by atoms with E-state index in [1.165, 1.54) is 55.5 Å². The van der Waals surface area contributed by atoms with E-state index in [-0.39, 0.29) is 22.9 Å². The van der Waals surface area contributed by atoms with E-state index in [2.05, 4.69) is 24.0 Å². The molecule has 4 heteroatoms. The first-order chi connectivity index (χ1) is 14.8. The number of ether oxygens (including phenoxy) is 2. The highest BCUT2D eigenvalue weighted by Crippen LogP contribution is 2.77. The molecule has 1 saturated heterocycles. The number of piperidine rings is 1. The molecule has 5 fully saturated rings. The molecule has 2 aliphatic heterocycles. The molecule has 0 amide bonds. The fraction of sp³-hybridized carbons (Fsp3) is 0.778. The SMILES string of the molecule is CO[C@]12CC[C@@]3(C[C@@H]1C(C)(C)O)C1Cc4ccc(C)c5c4[C@@]3(CCN1CC1CC1)[C@H]2O5. The van der Waals surface area contributed by atoms with Crippen LogP contribution in [0.4, 0.5) is 0 Å². The van der Waals surface area contributed by atoms with E-state index in [0.717, 1.165) is 30.9 Å². The summed E-state index contributed by atoms with van der Waals surface area (Å²) in [6.07, 6.45) is 8.41. The highest BCUT2D eigenvalue weighted by molar-refractivity contribution is 5.61. The summed E-state index contributed by atoms with van der Waals surface area (Å²) in [6.45, 7) is 8.66. The van der Waals surface area contributed by atoms with Crippen molar-refractivity contribution in [3.8, 4) is 5.75 Å². The summed E-state index contributed by atoms with van der Waals surface area (Å²) in [5.41, 5.74) is 3.36. The highest BCUT2D eigenvalue weighted by atomic mass is 16.6. The van der Waals surface area contributed by atoms with Crippen molar-refractivity contribution in [2.45, 2.75) is 94.5 Å². The minimum absolute atomic E-state index is 0.0182. The zero-order chi connectivity index (χ0) is 21.4. The van der Waals surface area contributed by atoms with Crippen molar-refractivity contribution in [1.29, 1.82) is 0 Å². The van der Waals surface area contributed by atoms with Crippen molar-refractivity contribution in [3.63, 3.8) is 0 Å². The number of hydrogen-bond donors (Lipinski definition) is 1. The molecule has 2 heterocycles. The zero-order valence-corrected chi connectivity index (χ0v) is 19.5. The summed E-state index contributed by atoms with van der Waals surface area (Å²) in [6, 6.07) is 5.24. The molecule has 1 unspecified atom stereocenters. The Balaban J connectivity index is 1.49. The van der Waals surface area contributed by atoms with Crippen LogP contribution in [0.3, 0.4) is 0 Å². The van der Waals surface area contributed by atoms with Gasteiger partial charge in [0, 0.05) is 42.0 Å². The van der Waals surface area contributed by atoms with Gasteiger partial charge in [0.15, 0.2) is 0 Å². The van der Waals surface area contributed by atoms with Crippen LogP contribution in [0.2, 0.25) is 0 Å². The first-order valence-corrected chi connectivity index (χ1v) is 12.6. The largest absolute Gasteiger partial charge is 0.486 e. The molecule has 2 spiro atoms. The van der Waals surface area contributed by atoms with E-state index < -0.39 is 11.2 Å². The van der Waals surface area contributed by atoms with Gasteiger partial charge in [0.2, 0.25) is 0 Å². The van der Waals surface area contributed by atoms with Crippen LogP contribution in [-0.2, 0) is 16.6 Å². The van der Waals surface area contributed by atoms with Gasteiger partial charge in [-0.15, -0.1) is 0 Å². The number of fused-ring (bicyclic) bond motifs is 2. The Bertz CT molecular complexity index is 964. The Morgan fingerprint density at radius 2 is 2.03 bits per heavy atom. The van der Waals surface area contributed by atoms with Crippen LogP contribution in [0, 0.1) is 24.2 Å². The molecule has 5 aliphatic carbocycles. The van der Waals surface area contributed by atoms with Gasteiger partial charge in [0.05, 0.1) is 5.60 Å². The van der Waals surface area contributed by atoms with Gasteiger partial charge in [0.1, 0.15) is 17.5 Å². The van der Waals surface area contributed by atoms with Crippen molar-refractivity contribution in [2.75, 3.05) is 20.2 Å². The van der Waals surface area contributed by atoms with E-state index in [0.29, 0.717) is 6.04 Å². The molecule has 31 heavy (non-hydrogen) atoms. The molecule has 0 radical (unpaired) electrons. The molecule has 4 nitrogen and oxygen atoms in total. The lowest BCUT2D eigenvalue weighted by molar-refractivity contribution is -0.300. The number of aliphatic hydroxyl groups is 1. The number of hydrogen-bond acceptors (Lipinski definition) is 4. The van der Waals surface area contributed by atoms with Crippen molar-refractivity contribution < 1.29 is 14.6 Å². The number of rotatable bonds is 4. The van der Waals surface area contributed by atoms with E-state index in [4.69, 9.17) is 9.47 Å². The summed E-state index contributed by atoms with van der Waals surface area (Å²) in [4.78, 5) is 2.87. The Morgan fingerprint density at radius 3 is 2.74 bits per heavy atom. The van der Waals surface area contributed by atoms with Crippen LogP contribution in [0.1, 0.15) is 69.1 Å². The van der Waals surface area contributed by atoms with Gasteiger partial charge >= 0.3 is 0 Å². The fourth-order valence-corrected chi connectivity index (χ4v) is 9.38. The maximum atomic E-state index is 11.4. The molecule has 1 N–H and O–H groups in total. The Kier molecular flexibility index (Phi) is 3.55. The molecule has 0 aromatic heterocycles. The summed E-state index contributed by atoms with van der Waals surface area (Å²) >= 11 is 0. The topological polar surface area (TPSA) is 41.9 Å². The van der Waals surface area contributed by atoms with Gasteiger partial charge in [-0.25, -0.2) is 0 Å². The average molecular weight is 424 g/mol. The third kappa shape index (κ3) is 2.05. The van der Waals surface area contributed by atoms with Crippen LogP contribution >= 0.6 is 0 Å². The normalized spacial score (nSPS) is 44.9. The van der Waals surface area contributed by atoms with Crippen molar-refractivity contribution >= 4 is 0 Å². The molecular formula is C27H37NO3. The zero-order valence-electron chi connectivity index (χ0n) is 19.5. The Morgan fingerprint density at radius 1 is 1.23 bits per heavy atom. The minimum atomic E-state index is -0.784. The van der Waals surface area contributed by atoms with Crippen molar-refractivity contribution in [2.24, 2.45) is 17.3 Å². The van der Waals surface area contributed by atoms with Gasteiger partial charge in [-0.05, 0) is 89.3 Å². The third-order valence-corrected chi connectivity index (χ3v) is 10.7. The lowest BCUT2D eigenvalue weighted by Crippen LogP contribution is -2.82. The second-order valence-electron chi connectivity index (χ2n) is 12.3. The van der Waals surface area contributed by atoms with Crippen molar-refractivity contribution in [1.82, 2.24) is 4.90 Å². The Labute approximate surface area is 186 Å². The van der Waals surface area contributed by atoms with E-state index in [1.807, 2.05) is 21.0 Å². The van der Waals surface area contributed by atoms with Gasteiger partial charge in [-0.1, -0.05) is 12.1 Å². The maximum Gasteiger partial charge on any atom is 0.138 e. The summed E-state index contributed by atoms with van der Waals surface area (Å²) in [7, 11) is 1.87. The van der Waals surface area contributed by atoms with Crippen LogP contribution in [0.25, 0.3) is 0 Å². The number of aryl methyl sites for hydroxylation is 1. The number of methoxy groups -OCH3 is 1. The fourth-order valence-electron chi connectivity index (χ4n) is 9.38. The predicted octanol–water partition coefficient (Wildman–Crippen LogP) is 3.99. The van der Waals surface area contributed by atoms with Crippen LogP contribution in [-0.4, -0.2) is 53.6 Å². The molecule has 4 saturated carbocycles. The van der Waals surface area contributed by atoms with Gasteiger partial charge < -0.3 is 14.6 Å². The smallest absolute Gasteiger partial charge is 0.138 e. The minimum Gasteiger partial charge on any atom is -0.486 e. The third-order valence-electron chi connectivity index (χ3n) is 10.7. The van der Waals surface area contributed by atoms with Crippen LogP contribution in [0.15, 0.2) is 12.1 Å². The molecule has 4 bridgehead atoms. The first kappa shape index (κ1) is 19.4. The summed E-state index contributed by atoms with van der Waals surface area (Å²) in [5, 5.41) is 11.4. The van der Waals surface area contributed by atoms with Gasteiger partial charge in [0.25, 0.3) is 0 Å². The Hall–Kier alpha value is -1.10. The summed E-state index contributed by atoms with van der Waals surface area (Å²) in [5.74, 6) is 2.16. The van der Waals surface area contributed by atoms with Crippen LogP contribution in [0.5, 0.6) is 5.75 Å². The molecular weight excluding hydrogens is 386 g/mol. The van der Waals surface area contributed by atoms with E-state index >= 15 is 0 Å². The summed E-state index contributed by atoms with van der Waals surface area (Å²) < 4.78 is 13.5. The average Bonchev–Trinajstić information content (AvgIpc) is 3.47. The van der Waals surface area contributed by atoms with Gasteiger partial charge in [-0.3, -0.25) is 4.90 Å². The second-order valence-corrected chi connectivity index (χ2v) is 12.3. The number of benzene rings is 1. The lowest BCUT2D eigenvalue weighted by atomic mass is 9.34. The van der Waals surface area contributed by atoms with Crippen LogP contribution < -0.4 is 4.74 Å². The highest BCUT2D eigenvalue weighted by Gasteiger charge is 2.81. The monoisotopic (exact) mass is 423 g/mol. The quantitative estimate of drug-likeness (QED) is 0.795. The van der Waals surface area contributed by atoms with Gasteiger partial charge in [-0.2, -0.15) is 0 Å². The molecule has 6 atom stereocenters. The molecule has 7 aliphatic rings. The number of likely N-dealkylation sites (tertiary alicyclic amines) is 1. The first-order valence-electron chi connectivity index (χ1n) is 12.6. The van der Waals surface area contributed by atoms with Crippen molar-refractivity contribution in [3.05, 3.63) is 28.8 Å². The molecule has 1 aromatic carbocycles. The predicted molar refractivity (Wildman–Crippen MR) is 119 cm³/mol. The second kappa shape index (κ2) is 5.69. The molecule has 168 valence electrons. The molecule has 1 aromatic rings. The lowest BCUT2D eigenvalue weighted by Gasteiger charge is -2.75. The standard InChI is InChI=1S/C27H37NO3/c1-16-5-8-18-13-20-25-9-10-27(30-4,19(14-25)24(2,3)29)23-26(25,21(18)22(16)31-23)11-12-28(20)15-17-6-7-17/h5,8,17,19-20,23,29H,6-7,9-15H2,1-4H3/t19-,20?,23-,25-,26+,27-/m1/s1. The van der Waals surface area contributed by atoms with E-state index in [9.17, 15) is 5.11 Å². The number of nitrogens with zero attached hydrogens (tertiary/aromatic N) is 1. The maximum absolute atomic E-state index is 11.4. The molecule has 8 rings (SSSR count). The van der Waals surface area contributed by atoms with E-state index in [1.54, 1.807) is 0 Å².